The Labute approximate surface area is 88.5 Å². The number of benzene rings is 1. The molecule has 0 aliphatic rings. The van der Waals surface area contributed by atoms with Gasteiger partial charge in [-0.05, 0) is 24.3 Å². The van der Waals surface area contributed by atoms with Crippen LogP contribution in [0.4, 0.5) is 23.7 Å². The van der Waals surface area contributed by atoms with Gasteiger partial charge in [-0.15, -0.1) is 0 Å². The molecule has 0 aliphatic carbocycles. The lowest BCUT2D eigenvalue weighted by molar-refractivity contribution is -0.137. The van der Waals surface area contributed by atoms with Crippen LogP contribution in [-0.4, -0.2) is 23.0 Å². The Morgan fingerprint density at radius 1 is 1.25 bits per heavy atom. The second kappa shape index (κ2) is 4.40. The van der Waals surface area contributed by atoms with Gasteiger partial charge in [0.15, 0.2) is 0 Å². The molecule has 0 aliphatic heterocycles. The maximum Gasteiger partial charge on any atom is 0.416 e. The van der Waals surface area contributed by atoms with Crippen LogP contribution >= 0.6 is 0 Å². The predicted octanol–water partition coefficient (Wildman–Crippen LogP) is 2.14. The summed E-state index contributed by atoms with van der Waals surface area (Å²) in [6.45, 7) is -0.819. The van der Waals surface area contributed by atoms with Crippen LogP contribution in [0.5, 0.6) is 0 Å². The predicted molar refractivity (Wildman–Crippen MR) is 49.0 cm³/mol. The highest BCUT2D eigenvalue weighted by Crippen LogP contribution is 2.30. The van der Waals surface area contributed by atoms with Gasteiger partial charge in [0.2, 0.25) is 0 Å². The zero-order chi connectivity index (χ0) is 12.3. The molecular formula is C9H8F3NO3. The molecule has 4 nitrogen and oxygen atoms in total. The summed E-state index contributed by atoms with van der Waals surface area (Å²) < 4.78 is 36.5. The molecule has 16 heavy (non-hydrogen) atoms. The number of hydrogen-bond donors (Lipinski definition) is 2. The average molecular weight is 235 g/mol. The van der Waals surface area contributed by atoms with E-state index in [1.54, 1.807) is 0 Å². The summed E-state index contributed by atoms with van der Waals surface area (Å²) in [4.78, 5) is 11.1. The molecule has 0 heterocycles. The van der Waals surface area contributed by atoms with Gasteiger partial charge in [-0.25, -0.2) is 4.79 Å². The normalized spacial score (nSPS) is 11.2. The molecule has 0 saturated carbocycles. The third kappa shape index (κ3) is 2.63. The largest absolute Gasteiger partial charge is 0.465 e. The van der Waals surface area contributed by atoms with E-state index >= 15 is 0 Å². The minimum Gasteiger partial charge on any atom is -0.465 e. The van der Waals surface area contributed by atoms with Crippen molar-refractivity contribution in [2.45, 2.75) is 6.18 Å². The maximum absolute atomic E-state index is 12.2. The highest BCUT2D eigenvalue weighted by molar-refractivity contribution is 5.85. The number of rotatable bonds is 2. The molecule has 1 rings (SSSR count). The third-order valence-corrected chi connectivity index (χ3v) is 1.88. The molecule has 1 aromatic rings. The van der Waals surface area contributed by atoms with Crippen molar-refractivity contribution in [2.75, 3.05) is 11.6 Å². The zero-order valence-corrected chi connectivity index (χ0v) is 7.90. The lowest BCUT2D eigenvalue weighted by atomic mass is 10.2. The van der Waals surface area contributed by atoms with Gasteiger partial charge in [0.25, 0.3) is 0 Å². The van der Waals surface area contributed by atoms with Gasteiger partial charge in [0.1, 0.15) is 6.73 Å². The summed E-state index contributed by atoms with van der Waals surface area (Å²) in [5.41, 5.74) is -0.900. The fourth-order valence-corrected chi connectivity index (χ4v) is 1.08. The molecule has 0 fully saturated rings. The number of alkyl halides is 3. The van der Waals surface area contributed by atoms with Crippen molar-refractivity contribution >= 4 is 11.8 Å². The molecule has 0 aromatic heterocycles. The number of carboxylic acid groups (broad SMARTS) is 1. The van der Waals surface area contributed by atoms with Gasteiger partial charge < -0.3 is 10.2 Å². The van der Waals surface area contributed by atoms with Crippen molar-refractivity contribution in [1.29, 1.82) is 0 Å². The van der Waals surface area contributed by atoms with Crippen molar-refractivity contribution in [3.05, 3.63) is 29.8 Å². The van der Waals surface area contributed by atoms with E-state index < -0.39 is 24.6 Å². The maximum atomic E-state index is 12.2. The minimum absolute atomic E-state index is 0.0250. The zero-order valence-electron chi connectivity index (χ0n) is 7.90. The third-order valence-electron chi connectivity index (χ3n) is 1.88. The van der Waals surface area contributed by atoms with Crippen LogP contribution in [0, 0.1) is 0 Å². The van der Waals surface area contributed by atoms with Gasteiger partial charge in [0, 0.05) is 5.69 Å². The summed E-state index contributed by atoms with van der Waals surface area (Å²) >= 11 is 0. The molecule has 0 bridgehead atoms. The van der Waals surface area contributed by atoms with Crippen LogP contribution in [0.25, 0.3) is 0 Å². The van der Waals surface area contributed by atoms with Gasteiger partial charge in [-0.2, -0.15) is 13.2 Å². The summed E-state index contributed by atoms with van der Waals surface area (Å²) in [5, 5.41) is 17.3. The van der Waals surface area contributed by atoms with Crippen LogP contribution in [-0.2, 0) is 6.18 Å². The highest BCUT2D eigenvalue weighted by atomic mass is 19.4. The van der Waals surface area contributed by atoms with Crippen LogP contribution in [0.1, 0.15) is 5.56 Å². The summed E-state index contributed by atoms with van der Waals surface area (Å²) in [6.07, 6.45) is -5.91. The van der Waals surface area contributed by atoms with E-state index in [2.05, 4.69) is 0 Å². The first-order chi connectivity index (χ1) is 7.36. The molecule has 1 aromatic carbocycles. The van der Waals surface area contributed by atoms with E-state index in [9.17, 15) is 18.0 Å². The van der Waals surface area contributed by atoms with Gasteiger partial charge >= 0.3 is 12.3 Å². The van der Waals surface area contributed by atoms with E-state index in [0.717, 1.165) is 24.3 Å². The number of nitrogens with zero attached hydrogens (tertiary/aromatic N) is 1. The number of halogens is 3. The number of aliphatic hydroxyl groups is 1. The molecular weight excluding hydrogens is 227 g/mol. The fourth-order valence-electron chi connectivity index (χ4n) is 1.08. The molecule has 0 radical (unpaired) electrons. The van der Waals surface area contributed by atoms with Crippen molar-refractivity contribution < 1.29 is 28.2 Å². The summed E-state index contributed by atoms with van der Waals surface area (Å²) in [6, 6.07) is 3.46. The van der Waals surface area contributed by atoms with Crippen LogP contribution in [0.15, 0.2) is 24.3 Å². The Hall–Kier alpha value is -1.76. The smallest absolute Gasteiger partial charge is 0.416 e. The van der Waals surface area contributed by atoms with E-state index in [4.69, 9.17) is 10.2 Å². The molecule has 0 unspecified atom stereocenters. The van der Waals surface area contributed by atoms with Gasteiger partial charge in [-0.1, -0.05) is 0 Å². The SMILES string of the molecule is O=C(O)N(CO)c1ccc(C(F)(F)F)cc1. The Morgan fingerprint density at radius 2 is 1.75 bits per heavy atom. The number of anilines is 1. The van der Waals surface area contributed by atoms with Crippen molar-refractivity contribution in [3.63, 3.8) is 0 Å². The van der Waals surface area contributed by atoms with Crippen LogP contribution < -0.4 is 4.90 Å². The lowest BCUT2D eigenvalue weighted by Crippen LogP contribution is -2.29. The van der Waals surface area contributed by atoms with E-state index in [1.807, 2.05) is 0 Å². The van der Waals surface area contributed by atoms with Gasteiger partial charge in [-0.3, -0.25) is 4.90 Å². The average Bonchev–Trinajstić information content (AvgIpc) is 2.17. The second-order valence-electron chi connectivity index (χ2n) is 2.90. The quantitative estimate of drug-likeness (QED) is 0.772. The van der Waals surface area contributed by atoms with Crippen molar-refractivity contribution in [3.8, 4) is 0 Å². The molecule has 7 heteroatoms. The molecule has 0 saturated heterocycles. The van der Waals surface area contributed by atoms with E-state index in [-0.39, 0.29) is 5.69 Å². The van der Waals surface area contributed by atoms with Gasteiger partial charge in [0.05, 0.1) is 5.56 Å². The van der Waals surface area contributed by atoms with Crippen LogP contribution in [0.2, 0.25) is 0 Å². The Balaban J connectivity index is 2.98. The first kappa shape index (κ1) is 12.3. The molecule has 0 spiro atoms. The summed E-state index contributed by atoms with van der Waals surface area (Å²) in [7, 11) is 0. The first-order valence-corrected chi connectivity index (χ1v) is 4.15. The fraction of sp³-hybridized carbons (Fsp3) is 0.222. The Bertz CT molecular complexity index is 375. The van der Waals surface area contributed by atoms with E-state index in [1.165, 1.54) is 0 Å². The highest BCUT2D eigenvalue weighted by Gasteiger charge is 2.30. The minimum atomic E-state index is -4.47. The van der Waals surface area contributed by atoms with Crippen LogP contribution in [0.3, 0.4) is 0 Å². The first-order valence-electron chi connectivity index (χ1n) is 4.15. The molecule has 0 atom stereocenters. The summed E-state index contributed by atoms with van der Waals surface area (Å²) in [5.74, 6) is 0. The van der Waals surface area contributed by atoms with Crippen molar-refractivity contribution in [2.24, 2.45) is 0 Å². The molecule has 1 amide bonds. The molecule has 2 N–H and O–H groups in total. The number of carbonyl (C=O) groups is 1. The number of hydrogen-bond acceptors (Lipinski definition) is 2. The Kier molecular flexibility index (Phi) is 3.38. The van der Waals surface area contributed by atoms with Crippen molar-refractivity contribution in [1.82, 2.24) is 0 Å². The Morgan fingerprint density at radius 3 is 2.06 bits per heavy atom. The topological polar surface area (TPSA) is 60.8 Å². The number of aliphatic hydroxyl groups excluding tert-OH is 1. The second-order valence-corrected chi connectivity index (χ2v) is 2.90. The number of amides is 1. The molecule has 88 valence electrons. The van der Waals surface area contributed by atoms with E-state index in [0.29, 0.717) is 4.90 Å². The monoisotopic (exact) mass is 235 g/mol. The standard InChI is InChI=1S/C9H8F3NO3/c10-9(11,12)6-1-3-7(4-2-6)13(5-14)8(15)16/h1-4,14H,5H2,(H,15,16). The lowest BCUT2D eigenvalue weighted by Gasteiger charge is -2.16.